The van der Waals surface area contributed by atoms with E-state index in [4.69, 9.17) is 4.74 Å². The van der Waals surface area contributed by atoms with Gasteiger partial charge in [-0.05, 0) is 31.0 Å². The van der Waals surface area contributed by atoms with Crippen LogP contribution >= 0.6 is 0 Å². The summed E-state index contributed by atoms with van der Waals surface area (Å²) in [4.78, 5) is 8.10. The first kappa shape index (κ1) is 12.5. The number of benzene rings is 1. The highest BCUT2D eigenvalue weighted by Crippen LogP contribution is 2.32. The van der Waals surface area contributed by atoms with Gasteiger partial charge in [0.2, 0.25) is 0 Å². The van der Waals surface area contributed by atoms with Crippen LogP contribution in [0.5, 0.6) is 5.75 Å². The third kappa shape index (κ3) is 2.33. The summed E-state index contributed by atoms with van der Waals surface area (Å²) in [6.45, 7) is 3.94. The fourth-order valence-corrected chi connectivity index (χ4v) is 2.06. The van der Waals surface area contributed by atoms with Crippen molar-refractivity contribution in [1.82, 2.24) is 9.97 Å². The van der Waals surface area contributed by atoms with E-state index in [0.717, 1.165) is 16.7 Å². The van der Waals surface area contributed by atoms with Gasteiger partial charge in [0.1, 0.15) is 11.9 Å². The molecule has 4 heteroatoms. The van der Waals surface area contributed by atoms with Crippen molar-refractivity contribution in [2.24, 2.45) is 0 Å². The van der Waals surface area contributed by atoms with Crippen LogP contribution in [0.3, 0.4) is 0 Å². The maximum atomic E-state index is 10.4. The van der Waals surface area contributed by atoms with Crippen LogP contribution in [0.1, 0.15) is 28.5 Å². The van der Waals surface area contributed by atoms with Gasteiger partial charge in [-0.1, -0.05) is 6.07 Å². The summed E-state index contributed by atoms with van der Waals surface area (Å²) < 4.78 is 5.34. The zero-order chi connectivity index (χ0) is 13.1. The zero-order valence-electron chi connectivity index (χ0n) is 10.7. The first-order valence-corrected chi connectivity index (χ1v) is 5.72. The van der Waals surface area contributed by atoms with Crippen molar-refractivity contribution < 1.29 is 9.84 Å². The maximum Gasteiger partial charge on any atom is 0.126 e. The Morgan fingerprint density at radius 3 is 2.61 bits per heavy atom. The Hall–Kier alpha value is -1.94. The van der Waals surface area contributed by atoms with E-state index in [0.29, 0.717) is 11.4 Å². The topological polar surface area (TPSA) is 55.2 Å². The van der Waals surface area contributed by atoms with E-state index in [1.807, 2.05) is 26.0 Å². The van der Waals surface area contributed by atoms with Crippen LogP contribution in [0, 0.1) is 13.8 Å². The van der Waals surface area contributed by atoms with Gasteiger partial charge in [-0.15, -0.1) is 0 Å². The predicted octanol–water partition coefficient (Wildman–Crippen LogP) is 2.18. The van der Waals surface area contributed by atoms with Crippen LogP contribution < -0.4 is 4.74 Å². The molecule has 2 rings (SSSR count). The highest BCUT2D eigenvalue weighted by molar-refractivity contribution is 5.46. The molecule has 0 amide bonds. The van der Waals surface area contributed by atoms with Crippen molar-refractivity contribution in [3.05, 3.63) is 53.1 Å². The first-order chi connectivity index (χ1) is 8.63. The summed E-state index contributed by atoms with van der Waals surface area (Å²) in [5.74, 6) is 0.672. The molecule has 2 aromatic rings. The van der Waals surface area contributed by atoms with Crippen LogP contribution in [-0.4, -0.2) is 22.2 Å². The number of methoxy groups -OCH3 is 1. The maximum absolute atomic E-state index is 10.4. The van der Waals surface area contributed by atoms with Gasteiger partial charge in [0.15, 0.2) is 0 Å². The van der Waals surface area contributed by atoms with Gasteiger partial charge in [0.25, 0.3) is 0 Å². The molecule has 0 radical (unpaired) electrons. The largest absolute Gasteiger partial charge is 0.496 e. The Morgan fingerprint density at radius 1 is 1.22 bits per heavy atom. The lowest BCUT2D eigenvalue weighted by Crippen LogP contribution is -2.07. The number of ether oxygens (including phenoxy) is 1. The second-order valence-corrected chi connectivity index (χ2v) is 4.23. The molecule has 0 aliphatic heterocycles. The number of hydrogen-bond acceptors (Lipinski definition) is 4. The number of hydrogen-bond donors (Lipinski definition) is 1. The SMILES string of the molecule is COc1cc(C)cc(C)c1C(O)c1cnccn1. The molecule has 1 unspecified atom stereocenters. The molecule has 4 nitrogen and oxygen atoms in total. The van der Waals surface area contributed by atoms with Crippen molar-refractivity contribution in [2.45, 2.75) is 20.0 Å². The summed E-state index contributed by atoms with van der Waals surface area (Å²) >= 11 is 0. The van der Waals surface area contributed by atoms with Crippen molar-refractivity contribution in [2.75, 3.05) is 7.11 Å². The van der Waals surface area contributed by atoms with E-state index in [1.54, 1.807) is 25.7 Å². The molecule has 0 aliphatic carbocycles. The standard InChI is InChI=1S/C14H16N2O2/c1-9-6-10(2)13(12(7-9)18-3)14(17)11-8-15-4-5-16-11/h4-8,14,17H,1-3H3. The summed E-state index contributed by atoms with van der Waals surface area (Å²) in [5, 5.41) is 10.4. The van der Waals surface area contributed by atoms with Crippen LogP contribution in [0.15, 0.2) is 30.7 Å². The normalized spacial score (nSPS) is 12.2. The van der Waals surface area contributed by atoms with E-state index >= 15 is 0 Å². The Labute approximate surface area is 106 Å². The molecule has 1 N–H and O–H groups in total. The van der Waals surface area contributed by atoms with Crippen molar-refractivity contribution in [3.8, 4) is 5.75 Å². The molecule has 18 heavy (non-hydrogen) atoms. The van der Waals surface area contributed by atoms with Gasteiger partial charge < -0.3 is 9.84 Å². The molecular formula is C14H16N2O2. The predicted molar refractivity (Wildman–Crippen MR) is 68.6 cm³/mol. The van der Waals surface area contributed by atoms with Crippen LogP contribution in [0.2, 0.25) is 0 Å². The monoisotopic (exact) mass is 244 g/mol. The molecule has 0 saturated carbocycles. The number of aliphatic hydroxyl groups excluding tert-OH is 1. The molecule has 1 aromatic heterocycles. The Morgan fingerprint density at radius 2 is 2.00 bits per heavy atom. The quantitative estimate of drug-likeness (QED) is 0.899. The molecule has 0 saturated heterocycles. The molecule has 1 heterocycles. The molecule has 0 aliphatic rings. The van der Waals surface area contributed by atoms with E-state index < -0.39 is 6.10 Å². The second kappa shape index (κ2) is 5.14. The number of aryl methyl sites for hydroxylation is 2. The summed E-state index contributed by atoms with van der Waals surface area (Å²) in [5.41, 5.74) is 3.33. The minimum atomic E-state index is -0.825. The number of nitrogens with zero attached hydrogens (tertiary/aromatic N) is 2. The molecule has 0 bridgehead atoms. The number of aromatic nitrogens is 2. The summed E-state index contributed by atoms with van der Waals surface area (Å²) in [6.07, 6.45) is 3.88. The van der Waals surface area contributed by atoms with Crippen molar-refractivity contribution in [3.63, 3.8) is 0 Å². The first-order valence-electron chi connectivity index (χ1n) is 5.72. The average molecular weight is 244 g/mol. The van der Waals surface area contributed by atoms with E-state index in [-0.39, 0.29) is 0 Å². The van der Waals surface area contributed by atoms with Gasteiger partial charge >= 0.3 is 0 Å². The minimum Gasteiger partial charge on any atom is -0.496 e. The number of aliphatic hydroxyl groups is 1. The fraction of sp³-hybridized carbons (Fsp3) is 0.286. The third-order valence-corrected chi connectivity index (χ3v) is 2.85. The molecule has 94 valence electrons. The molecular weight excluding hydrogens is 228 g/mol. The smallest absolute Gasteiger partial charge is 0.126 e. The van der Waals surface area contributed by atoms with Crippen LogP contribution in [0.25, 0.3) is 0 Å². The van der Waals surface area contributed by atoms with Crippen molar-refractivity contribution in [1.29, 1.82) is 0 Å². The Balaban J connectivity index is 2.51. The lowest BCUT2D eigenvalue weighted by Gasteiger charge is -2.17. The Bertz CT molecular complexity index is 541. The van der Waals surface area contributed by atoms with E-state index in [2.05, 4.69) is 9.97 Å². The summed E-state index contributed by atoms with van der Waals surface area (Å²) in [7, 11) is 1.60. The van der Waals surface area contributed by atoms with E-state index in [9.17, 15) is 5.11 Å². The van der Waals surface area contributed by atoms with Gasteiger partial charge in [-0.25, -0.2) is 0 Å². The zero-order valence-corrected chi connectivity index (χ0v) is 10.7. The lowest BCUT2D eigenvalue weighted by molar-refractivity contribution is 0.208. The highest BCUT2D eigenvalue weighted by Gasteiger charge is 2.19. The van der Waals surface area contributed by atoms with Crippen LogP contribution in [-0.2, 0) is 0 Å². The van der Waals surface area contributed by atoms with Gasteiger partial charge in [0.05, 0.1) is 19.0 Å². The third-order valence-electron chi connectivity index (χ3n) is 2.85. The lowest BCUT2D eigenvalue weighted by atomic mass is 9.98. The highest BCUT2D eigenvalue weighted by atomic mass is 16.5. The fourth-order valence-electron chi connectivity index (χ4n) is 2.06. The summed E-state index contributed by atoms with van der Waals surface area (Å²) in [6, 6.07) is 3.92. The van der Waals surface area contributed by atoms with Gasteiger partial charge in [-0.2, -0.15) is 0 Å². The van der Waals surface area contributed by atoms with Crippen LogP contribution in [0.4, 0.5) is 0 Å². The minimum absolute atomic E-state index is 0.516. The molecule has 0 fully saturated rings. The van der Waals surface area contributed by atoms with Gasteiger partial charge in [0, 0.05) is 18.0 Å². The average Bonchev–Trinajstić information content (AvgIpc) is 2.38. The van der Waals surface area contributed by atoms with E-state index in [1.165, 1.54) is 0 Å². The Kier molecular flexibility index (Phi) is 3.58. The second-order valence-electron chi connectivity index (χ2n) is 4.23. The van der Waals surface area contributed by atoms with Gasteiger partial charge in [-0.3, -0.25) is 9.97 Å². The van der Waals surface area contributed by atoms with Crippen molar-refractivity contribution >= 4 is 0 Å². The molecule has 1 aromatic carbocycles. The molecule has 1 atom stereocenters. The number of rotatable bonds is 3. The molecule has 0 spiro atoms.